The van der Waals surface area contributed by atoms with Crippen LogP contribution < -0.4 is 15.8 Å². The second-order valence-electron chi connectivity index (χ2n) is 10.3. The number of nitrogens with two attached hydrogens (primary N) is 1. The fourth-order valence-corrected chi connectivity index (χ4v) is 5.14. The van der Waals surface area contributed by atoms with Gasteiger partial charge in [-0.25, -0.2) is 18.7 Å². The van der Waals surface area contributed by atoms with Gasteiger partial charge in [-0.05, 0) is 80.6 Å². The Bertz CT molecular complexity index is 1440. The van der Waals surface area contributed by atoms with Crippen molar-refractivity contribution in [2.24, 2.45) is 0 Å². The Balaban J connectivity index is 1.41. The number of hydrogen-bond donors (Lipinski definition) is 2. The summed E-state index contributed by atoms with van der Waals surface area (Å²) in [6.45, 7) is 4.67. The first-order valence-electron chi connectivity index (χ1n) is 13.3. The highest BCUT2D eigenvalue weighted by Gasteiger charge is 2.31. The highest BCUT2D eigenvalue weighted by molar-refractivity contribution is 6.05. The molecule has 210 valence electrons. The Morgan fingerprint density at radius 3 is 2.73 bits per heavy atom. The van der Waals surface area contributed by atoms with E-state index in [1.165, 1.54) is 30.6 Å². The van der Waals surface area contributed by atoms with Crippen molar-refractivity contribution in [1.29, 1.82) is 0 Å². The quantitative estimate of drug-likeness (QED) is 0.366. The molecule has 2 atom stereocenters. The molecular weight excluding hydrogens is 516 g/mol. The lowest BCUT2D eigenvalue weighted by atomic mass is 10.0. The van der Waals surface area contributed by atoms with E-state index in [9.17, 15) is 13.6 Å². The van der Waals surface area contributed by atoms with Crippen molar-refractivity contribution in [2.45, 2.75) is 51.2 Å². The zero-order valence-electron chi connectivity index (χ0n) is 22.8. The Labute approximate surface area is 232 Å². The molecule has 3 aromatic rings. The summed E-state index contributed by atoms with van der Waals surface area (Å²) in [5, 5.41) is 2.66. The van der Waals surface area contributed by atoms with Crippen LogP contribution in [0.4, 0.5) is 20.3 Å². The Morgan fingerprint density at radius 1 is 1.23 bits per heavy atom. The van der Waals surface area contributed by atoms with Gasteiger partial charge in [0.15, 0.2) is 11.6 Å². The van der Waals surface area contributed by atoms with Crippen molar-refractivity contribution < 1.29 is 23.0 Å². The number of methoxy groups -OCH3 is 1. The van der Waals surface area contributed by atoms with E-state index in [1.54, 1.807) is 20.1 Å². The van der Waals surface area contributed by atoms with Crippen LogP contribution in [0.25, 0.3) is 11.3 Å². The fourth-order valence-electron chi connectivity index (χ4n) is 5.14. The number of nitrogens with one attached hydrogen (secondary N) is 1. The second-order valence-corrected chi connectivity index (χ2v) is 10.3. The third kappa shape index (κ3) is 5.77. The molecule has 40 heavy (non-hydrogen) atoms. The van der Waals surface area contributed by atoms with Crippen LogP contribution in [0.15, 0.2) is 48.9 Å². The zero-order valence-corrected chi connectivity index (χ0v) is 22.8. The van der Waals surface area contributed by atoms with Crippen LogP contribution in [0.3, 0.4) is 0 Å². The third-order valence-corrected chi connectivity index (χ3v) is 7.51. The standard InChI is InChI=1S/C30H33F2N5O3/c1-4-9-37-14-22(39-3)13-21(37)15-40-28-27(34-16-35-29(28)33)24-11-20(31)12-26(17(24)2)36-30(38)23-8-7-19(10-25(23)32)18-5-6-18/h4,7-12,16,18,21-22H,5-6,13-15H2,1-3H3,(H,36,38)(H2,33,34,35)/t21-,22+/m0/s1. The van der Waals surface area contributed by atoms with E-state index < -0.39 is 17.5 Å². The number of carbonyl (C=O) groups excluding carboxylic acids is 1. The van der Waals surface area contributed by atoms with Gasteiger partial charge >= 0.3 is 0 Å². The summed E-state index contributed by atoms with van der Waals surface area (Å²) in [7, 11) is 1.68. The summed E-state index contributed by atoms with van der Waals surface area (Å²) in [5.74, 6) is -1.20. The van der Waals surface area contributed by atoms with Gasteiger partial charge in [-0.1, -0.05) is 12.1 Å². The minimum absolute atomic E-state index is 0.0262. The van der Waals surface area contributed by atoms with Gasteiger partial charge in [0.25, 0.3) is 5.91 Å². The van der Waals surface area contributed by atoms with Gasteiger partial charge in [-0.3, -0.25) is 4.79 Å². The topological polar surface area (TPSA) is 103 Å². The maximum absolute atomic E-state index is 14.9. The van der Waals surface area contributed by atoms with E-state index in [0.29, 0.717) is 22.7 Å². The number of benzene rings is 2. The first kappa shape index (κ1) is 27.5. The number of allylic oxidation sites excluding steroid dienone is 1. The van der Waals surface area contributed by atoms with Gasteiger partial charge < -0.3 is 25.4 Å². The van der Waals surface area contributed by atoms with Gasteiger partial charge in [-0.15, -0.1) is 0 Å². The normalized spacial score (nSPS) is 18.9. The van der Waals surface area contributed by atoms with Crippen molar-refractivity contribution in [1.82, 2.24) is 14.9 Å². The maximum atomic E-state index is 14.9. The molecule has 1 amide bonds. The van der Waals surface area contributed by atoms with Gasteiger partial charge in [0.1, 0.15) is 30.3 Å². The van der Waals surface area contributed by atoms with Crippen LogP contribution in [0, 0.1) is 18.6 Å². The van der Waals surface area contributed by atoms with E-state index >= 15 is 0 Å². The van der Waals surface area contributed by atoms with Gasteiger partial charge in [0.2, 0.25) is 0 Å². The average Bonchev–Trinajstić information content (AvgIpc) is 3.71. The Hall–Kier alpha value is -4.05. The molecule has 0 bridgehead atoms. The number of nitrogens with zero attached hydrogens (tertiary/aromatic N) is 3. The molecule has 2 aromatic carbocycles. The van der Waals surface area contributed by atoms with Crippen molar-refractivity contribution >= 4 is 17.4 Å². The van der Waals surface area contributed by atoms with E-state index in [0.717, 1.165) is 31.4 Å². The second kappa shape index (κ2) is 11.6. The molecule has 5 rings (SSSR count). The zero-order chi connectivity index (χ0) is 28.4. The summed E-state index contributed by atoms with van der Waals surface area (Å²) in [5.41, 5.74) is 8.34. The first-order valence-corrected chi connectivity index (χ1v) is 13.3. The van der Waals surface area contributed by atoms with Gasteiger partial charge in [0, 0.05) is 24.9 Å². The number of anilines is 2. The van der Waals surface area contributed by atoms with Crippen molar-refractivity contribution in [2.75, 3.05) is 31.3 Å². The van der Waals surface area contributed by atoms with Crippen LogP contribution >= 0.6 is 0 Å². The molecule has 1 saturated heterocycles. The number of amides is 1. The van der Waals surface area contributed by atoms with Gasteiger partial charge in [0.05, 0.1) is 17.7 Å². The molecule has 0 radical (unpaired) electrons. The van der Waals surface area contributed by atoms with Crippen molar-refractivity contribution in [3.63, 3.8) is 0 Å². The molecule has 1 aliphatic heterocycles. The third-order valence-electron chi connectivity index (χ3n) is 7.51. The number of likely N-dealkylation sites (tertiary alicyclic amines) is 1. The molecule has 2 aliphatic rings. The van der Waals surface area contributed by atoms with E-state index in [4.69, 9.17) is 15.2 Å². The minimum atomic E-state index is -0.670. The average molecular weight is 550 g/mol. The fraction of sp³-hybridized carbons (Fsp3) is 0.367. The molecule has 1 aromatic heterocycles. The molecule has 10 heteroatoms. The number of ether oxygens (including phenoxy) is 2. The summed E-state index contributed by atoms with van der Waals surface area (Å²) < 4.78 is 41.3. The molecular formula is C30H33F2N5O3. The highest BCUT2D eigenvalue weighted by atomic mass is 19.1. The van der Waals surface area contributed by atoms with E-state index in [1.807, 2.05) is 19.2 Å². The predicted octanol–water partition coefficient (Wildman–Crippen LogP) is 5.44. The van der Waals surface area contributed by atoms with Crippen LogP contribution in [0.5, 0.6) is 5.75 Å². The molecule has 1 saturated carbocycles. The first-order chi connectivity index (χ1) is 19.3. The van der Waals surface area contributed by atoms with Gasteiger partial charge in [-0.2, -0.15) is 0 Å². The number of aromatic nitrogens is 2. The largest absolute Gasteiger partial charge is 0.485 e. The molecule has 2 heterocycles. The van der Waals surface area contributed by atoms with Crippen molar-refractivity contribution in [3.8, 4) is 17.0 Å². The molecule has 3 N–H and O–H groups in total. The summed E-state index contributed by atoms with van der Waals surface area (Å²) >= 11 is 0. The Morgan fingerprint density at radius 2 is 2.02 bits per heavy atom. The summed E-state index contributed by atoms with van der Waals surface area (Å²) in [6.07, 6.45) is 8.11. The SMILES string of the molecule is CC=CN1C[C@H](OC)C[C@H]1COc1c(N)ncnc1-c1cc(F)cc(NC(=O)c2ccc(C3CC3)cc2F)c1C. The minimum Gasteiger partial charge on any atom is -0.485 e. The van der Waals surface area contributed by atoms with Crippen LogP contribution in [0.2, 0.25) is 0 Å². The Kier molecular flexibility index (Phi) is 7.97. The lowest BCUT2D eigenvalue weighted by Gasteiger charge is -2.23. The van der Waals surface area contributed by atoms with Crippen LogP contribution in [0.1, 0.15) is 53.6 Å². The number of hydrogen-bond acceptors (Lipinski definition) is 7. The highest BCUT2D eigenvalue weighted by Crippen LogP contribution is 2.41. The molecule has 1 aliphatic carbocycles. The monoisotopic (exact) mass is 549 g/mol. The summed E-state index contributed by atoms with van der Waals surface area (Å²) in [4.78, 5) is 23.6. The molecule has 8 nitrogen and oxygen atoms in total. The number of carbonyl (C=O) groups is 1. The molecule has 2 fully saturated rings. The van der Waals surface area contributed by atoms with E-state index in [2.05, 4.69) is 20.2 Å². The van der Waals surface area contributed by atoms with E-state index in [-0.39, 0.29) is 41.6 Å². The number of rotatable bonds is 9. The van der Waals surface area contributed by atoms with Crippen molar-refractivity contribution in [3.05, 3.63) is 77.3 Å². The van der Waals surface area contributed by atoms with Crippen LogP contribution in [-0.2, 0) is 4.74 Å². The predicted molar refractivity (Wildman–Crippen MR) is 149 cm³/mol. The van der Waals surface area contributed by atoms with Crippen LogP contribution in [-0.4, -0.2) is 53.2 Å². The number of nitrogen functional groups attached to an aromatic ring is 1. The molecule has 0 unspecified atom stereocenters. The lowest BCUT2D eigenvalue weighted by molar-refractivity contribution is 0.102. The summed E-state index contributed by atoms with van der Waals surface area (Å²) in [6, 6.07) is 7.16. The number of halogens is 2. The molecule has 0 spiro atoms. The lowest BCUT2D eigenvalue weighted by Crippen LogP contribution is -2.30. The smallest absolute Gasteiger partial charge is 0.258 e. The maximum Gasteiger partial charge on any atom is 0.258 e.